The number of aromatic nitrogens is 1. The van der Waals surface area contributed by atoms with E-state index in [9.17, 15) is 0 Å². The fraction of sp³-hybridized carbons (Fsp3) is 0.385. The lowest BCUT2D eigenvalue weighted by molar-refractivity contribution is 0.212. The van der Waals surface area contributed by atoms with Gasteiger partial charge in [-0.15, -0.1) is 0 Å². The van der Waals surface area contributed by atoms with Crippen LogP contribution in [0, 0.1) is 0 Å². The molecule has 7 nitrogen and oxygen atoms in total. The van der Waals surface area contributed by atoms with Crippen molar-refractivity contribution < 1.29 is 23.7 Å². The molecule has 0 fully saturated rings. The van der Waals surface area contributed by atoms with Gasteiger partial charge in [0.15, 0.2) is 11.5 Å². The molecule has 0 aliphatic carbocycles. The standard InChI is InChI=1S/C26H32N2O5/c1-29-19-9-10-22(30-2)18(14-19)17-28-13-7-12-27-11-6-8-21(27)26(28)20-15-24(32-4)25(33-5)16-23(20)31-3/h6,8-11,14-16,26H,7,12-13,17H2,1-5H3. The number of rotatable bonds is 8. The monoisotopic (exact) mass is 452 g/mol. The molecular weight excluding hydrogens is 420 g/mol. The van der Waals surface area contributed by atoms with E-state index in [0.29, 0.717) is 18.0 Å². The zero-order valence-corrected chi connectivity index (χ0v) is 20.0. The third-order valence-corrected chi connectivity index (χ3v) is 6.25. The van der Waals surface area contributed by atoms with Gasteiger partial charge in [-0.3, -0.25) is 4.90 Å². The molecule has 0 bridgehead atoms. The lowest BCUT2D eigenvalue weighted by atomic mass is 9.99. The van der Waals surface area contributed by atoms with Crippen LogP contribution in [0.5, 0.6) is 28.7 Å². The minimum atomic E-state index is -0.0480. The van der Waals surface area contributed by atoms with Crippen LogP contribution in [0.25, 0.3) is 0 Å². The van der Waals surface area contributed by atoms with Gasteiger partial charge in [0, 0.05) is 48.7 Å². The van der Waals surface area contributed by atoms with Gasteiger partial charge in [-0.25, -0.2) is 0 Å². The number of hydrogen-bond acceptors (Lipinski definition) is 6. The Kier molecular flexibility index (Phi) is 6.99. The fourth-order valence-electron chi connectivity index (χ4n) is 4.66. The first-order chi connectivity index (χ1) is 16.1. The number of methoxy groups -OCH3 is 5. The molecule has 7 heteroatoms. The molecule has 1 unspecified atom stereocenters. The summed E-state index contributed by atoms with van der Waals surface area (Å²) < 4.78 is 30.5. The molecular formula is C26H32N2O5. The largest absolute Gasteiger partial charge is 0.497 e. The van der Waals surface area contributed by atoms with Gasteiger partial charge in [0.1, 0.15) is 17.2 Å². The molecule has 4 rings (SSSR count). The summed E-state index contributed by atoms with van der Waals surface area (Å²) in [5.74, 6) is 3.73. The summed E-state index contributed by atoms with van der Waals surface area (Å²) in [6.07, 6.45) is 3.17. The molecule has 33 heavy (non-hydrogen) atoms. The minimum Gasteiger partial charge on any atom is -0.497 e. The highest BCUT2D eigenvalue weighted by Gasteiger charge is 2.31. The molecule has 1 aliphatic heterocycles. The van der Waals surface area contributed by atoms with Crippen molar-refractivity contribution in [2.75, 3.05) is 42.1 Å². The van der Waals surface area contributed by atoms with Crippen molar-refractivity contribution in [3.05, 3.63) is 65.5 Å². The Morgan fingerprint density at radius 3 is 2.18 bits per heavy atom. The van der Waals surface area contributed by atoms with Crippen molar-refractivity contribution >= 4 is 0 Å². The zero-order chi connectivity index (χ0) is 23.4. The summed E-state index contributed by atoms with van der Waals surface area (Å²) >= 11 is 0. The molecule has 2 aromatic carbocycles. The van der Waals surface area contributed by atoms with Crippen LogP contribution in [0.15, 0.2) is 48.7 Å². The molecule has 0 saturated carbocycles. The Morgan fingerprint density at radius 1 is 0.758 bits per heavy atom. The second-order valence-electron chi connectivity index (χ2n) is 7.98. The molecule has 0 spiro atoms. The highest BCUT2D eigenvalue weighted by molar-refractivity contribution is 5.53. The van der Waals surface area contributed by atoms with Crippen molar-refractivity contribution in [2.24, 2.45) is 0 Å². The first kappa shape index (κ1) is 22.9. The number of hydrogen-bond donors (Lipinski definition) is 0. The van der Waals surface area contributed by atoms with Crippen molar-refractivity contribution in [3.8, 4) is 28.7 Å². The van der Waals surface area contributed by atoms with Gasteiger partial charge in [-0.05, 0) is 42.8 Å². The number of fused-ring (bicyclic) bond motifs is 1. The quantitative estimate of drug-likeness (QED) is 0.501. The van der Waals surface area contributed by atoms with Gasteiger partial charge in [0.05, 0.1) is 41.6 Å². The first-order valence-corrected chi connectivity index (χ1v) is 11.0. The SMILES string of the molecule is COc1ccc(OC)c(CN2CCCn3cccc3C2c2cc(OC)c(OC)cc2OC)c1. The van der Waals surface area contributed by atoms with E-state index in [4.69, 9.17) is 23.7 Å². The molecule has 0 N–H and O–H groups in total. The van der Waals surface area contributed by atoms with Crippen LogP contribution in [-0.4, -0.2) is 51.6 Å². The maximum atomic E-state index is 5.84. The topological polar surface area (TPSA) is 54.3 Å². The summed E-state index contributed by atoms with van der Waals surface area (Å²) in [7, 11) is 8.36. The Labute approximate surface area is 195 Å². The van der Waals surface area contributed by atoms with Crippen LogP contribution in [0.1, 0.15) is 29.3 Å². The van der Waals surface area contributed by atoms with Gasteiger partial charge < -0.3 is 28.3 Å². The van der Waals surface area contributed by atoms with Crippen LogP contribution in [0.2, 0.25) is 0 Å². The summed E-state index contributed by atoms with van der Waals surface area (Å²) in [6.45, 7) is 2.55. The molecule has 1 atom stereocenters. The highest BCUT2D eigenvalue weighted by atomic mass is 16.5. The normalized spacial score (nSPS) is 16.0. The van der Waals surface area contributed by atoms with Crippen LogP contribution in [0.3, 0.4) is 0 Å². The average Bonchev–Trinajstić information content (AvgIpc) is 3.24. The highest BCUT2D eigenvalue weighted by Crippen LogP contribution is 2.43. The van der Waals surface area contributed by atoms with Crippen molar-refractivity contribution in [1.29, 1.82) is 0 Å². The smallest absolute Gasteiger partial charge is 0.164 e. The number of ether oxygens (including phenoxy) is 5. The van der Waals surface area contributed by atoms with E-state index in [2.05, 4.69) is 27.8 Å². The zero-order valence-electron chi connectivity index (χ0n) is 20.0. The van der Waals surface area contributed by atoms with Crippen LogP contribution in [0.4, 0.5) is 0 Å². The Balaban J connectivity index is 1.85. The Bertz CT molecular complexity index is 1090. The average molecular weight is 453 g/mol. The van der Waals surface area contributed by atoms with Gasteiger partial charge in [-0.2, -0.15) is 0 Å². The van der Waals surface area contributed by atoms with E-state index in [-0.39, 0.29) is 6.04 Å². The van der Waals surface area contributed by atoms with E-state index in [0.717, 1.165) is 47.9 Å². The predicted molar refractivity (Wildman–Crippen MR) is 127 cm³/mol. The maximum absolute atomic E-state index is 5.84. The number of nitrogens with zero attached hydrogens (tertiary/aromatic N) is 2. The van der Waals surface area contributed by atoms with E-state index < -0.39 is 0 Å². The Morgan fingerprint density at radius 2 is 1.48 bits per heavy atom. The van der Waals surface area contributed by atoms with Gasteiger partial charge >= 0.3 is 0 Å². The molecule has 1 aromatic heterocycles. The number of aryl methyl sites for hydroxylation is 1. The van der Waals surface area contributed by atoms with Crippen molar-refractivity contribution in [1.82, 2.24) is 9.47 Å². The molecule has 2 heterocycles. The third-order valence-electron chi connectivity index (χ3n) is 6.25. The van der Waals surface area contributed by atoms with E-state index in [1.165, 1.54) is 5.69 Å². The molecule has 0 amide bonds. The minimum absolute atomic E-state index is 0.0480. The van der Waals surface area contributed by atoms with Crippen LogP contribution >= 0.6 is 0 Å². The Hall–Kier alpha value is -3.32. The summed E-state index contributed by atoms with van der Waals surface area (Å²) in [5.41, 5.74) is 3.31. The molecule has 3 aromatic rings. The van der Waals surface area contributed by atoms with E-state index in [1.807, 2.05) is 30.3 Å². The second kappa shape index (κ2) is 10.1. The predicted octanol–water partition coefficient (Wildman–Crippen LogP) is 4.53. The second-order valence-corrected chi connectivity index (χ2v) is 7.98. The van der Waals surface area contributed by atoms with E-state index >= 15 is 0 Å². The molecule has 1 aliphatic rings. The maximum Gasteiger partial charge on any atom is 0.164 e. The lowest BCUT2D eigenvalue weighted by Gasteiger charge is -2.32. The van der Waals surface area contributed by atoms with Gasteiger partial charge in [-0.1, -0.05) is 0 Å². The lowest BCUT2D eigenvalue weighted by Crippen LogP contribution is -2.30. The molecule has 0 radical (unpaired) electrons. The summed E-state index contributed by atoms with van der Waals surface area (Å²) in [5, 5.41) is 0. The first-order valence-electron chi connectivity index (χ1n) is 11.0. The number of benzene rings is 2. The third kappa shape index (κ3) is 4.46. The fourth-order valence-corrected chi connectivity index (χ4v) is 4.66. The van der Waals surface area contributed by atoms with Gasteiger partial charge in [0.25, 0.3) is 0 Å². The molecule has 176 valence electrons. The summed E-state index contributed by atoms with van der Waals surface area (Å²) in [4.78, 5) is 2.46. The van der Waals surface area contributed by atoms with Crippen molar-refractivity contribution in [2.45, 2.75) is 25.6 Å². The van der Waals surface area contributed by atoms with Crippen LogP contribution < -0.4 is 23.7 Å². The van der Waals surface area contributed by atoms with Gasteiger partial charge in [0.2, 0.25) is 0 Å². The summed E-state index contributed by atoms with van der Waals surface area (Å²) in [6, 6.07) is 14.1. The van der Waals surface area contributed by atoms with E-state index in [1.54, 1.807) is 35.5 Å². The van der Waals surface area contributed by atoms with Crippen molar-refractivity contribution in [3.63, 3.8) is 0 Å². The molecule has 0 saturated heterocycles. The van der Waals surface area contributed by atoms with Crippen LogP contribution in [-0.2, 0) is 13.1 Å².